The molecule has 0 aromatic heterocycles. The highest BCUT2D eigenvalue weighted by atomic mass is 16.5. The maximum absolute atomic E-state index is 5.42. The Morgan fingerprint density at radius 1 is 0.842 bits per heavy atom. The van der Waals surface area contributed by atoms with Crippen molar-refractivity contribution >= 4 is 6.08 Å². The first-order valence-corrected chi connectivity index (χ1v) is 6.88. The minimum atomic E-state index is 0.886. The Morgan fingerprint density at radius 2 is 1.63 bits per heavy atom. The summed E-state index contributed by atoms with van der Waals surface area (Å²) in [5, 5.41) is 0. The van der Waals surface area contributed by atoms with Gasteiger partial charge in [-0.1, -0.05) is 54.6 Å². The minimum Gasteiger partial charge on any atom is -0.493 e. The van der Waals surface area contributed by atoms with Gasteiger partial charge in [-0.2, -0.15) is 0 Å². The highest BCUT2D eigenvalue weighted by Crippen LogP contribution is 2.23. The lowest BCUT2D eigenvalue weighted by molar-refractivity contribution is 0.288. The van der Waals surface area contributed by atoms with Crippen LogP contribution in [0.15, 0.2) is 54.6 Å². The van der Waals surface area contributed by atoms with E-state index in [1.54, 1.807) is 0 Å². The van der Waals surface area contributed by atoms with Crippen LogP contribution in [0.3, 0.4) is 0 Å². The number of fused-ring (bicyclic) bond motifs is 2. The smallest absolute Gasteiger partial charge is 0.122 e. The standard InChI is InChI=1S/C9H10O.C9H8/c1-2-6-9-8(4-1)5-3-7-10-9;1-2-5-9-7-3-6-8(9)4-1/h1-2,4,6H,3,5,7H2;1-6H,7H2. The third-order valence-corrected chi connectivity index (χ3v) is 3.51. The SMILES string of the molecule is C1=Cc2ccccc2C1.c1ccc2c(c1)CCCO2. The average molecular weight is 250 g/mol. The molecule has 4 rings (SSSR count). The average Bonchev–Trinajstić information content (AvgIpc) is 2.96. The molecule has 1 heteroatoms. The van der Waals surface area contributed by atoms with Gasteiger partial charge in [0.15, 0.2) is 0 Å². The Hall–Kier alpha value is -2.02. The molecule has 0 fully saturated rings. The third-order valence-electron chi connectivity index (χ3n) is 3.51. The molecular formula is C18H18O. The second kappa shape index (κ2) is 5.75. The normalized spacial score (nSPS) is 14.7. The zero-order chi connectivity index (χ0) is 12.9. The Bertz CT molecular complexity index is 559. The molecule has 1 aliphatic carbocycles. The molecule has 0 amide bonds. The predicted octanol–water partition coefficient (Wildman–Crippen LogP) is 4.27. The van der Waals surface area contributed by atoms with Crippen LogP contribution < -0.4 is 4.74 Å². The molecule has 1 nitrogen and oxygen atoms in total. The monoisotopic (exact) mass is 250 g/mol. The van der Waals surface area contributed by atoms with E-state index >= 15 is 0 Å². The van der Waals surface area contributed by atoms with E-state index in [-0.39, 0.29) is 0 Å². The molecule has 1 aliphatic heterocycles. The van der Waals surface area contributed by atoms with Crippen molar-refractivity contribution in [3.8, 4) is 5.75 Å². The second-order valence-corrected chi connectivity index (χ2v) is 4.87. The van der Waals surface area contributed by atoms with E-state index in [9.17, 15) is 0 Å². The van der Waals surface area contributed by atoms with Crippen LogP contribution in [0.4, 0.5) is 0 Å². The molecule has 0 bridgehead atoms. The number of ether oxygens (including phenoxy) is 1. The van der Waals surface area contributed by atoms with Gasteiger partial charge < -0.3 is 4.74 Å². The maximum atomic E-state index is 5.42. The summed E-state index contributed by atoms with van der Waals surface area (Å²) in [6, 6.07) is 16.7. The van der Waals surface area contributed by atoms with Crippen LogP contribution in [-0.2, 0) is 12.8 Å². The largest absolute Gasteiger partial charge is 0.493 e. The van der Waals surface area contributed by atoms with Crippen molar-refractivity contribution in [1.82, 2.24) is 0 Å². The summed E-state index contributed by atoms with van der Waals surface area (Å²) in [5.41, 5.74) is 4.20. The van der Waals surface area contributed by atoms with E-state index in [2.05, 4.69) is 48.6 Å². The quantitative estimate of drug-likeness (QED) is 0.678. The zero-order valence-electron chi connectivity index (χ0n) is 11.0. The zero-order valence-corrected chi connectivity index (χ0v) is 11.0. The van der Waals surface area contributed by atoms with Gasteiger partial charge in [0.1, 0.15) is 5.75 Å². The molecule has 2 aromatic rings. The first-order valence-electron chi connectivity index (χ1n) is 6.88. The summed E-state index contributed by atoms with van der Waals surface area (Å²) in [5.74, 6) is 1.08. The summed E-state index contributed by atoms with van der Waals surface area (Å²) in [6.07, 6.45) is 7.84. The van der Waals surface area contributed by atoms with Crippen LogP contribution >= 0.6 is 0 Å². The van der Waals surface area contributed by atoms with Crippen molar-refractivity contribution < 1.29 is 4.74 Å². The van der Waals surface area contributed by atoms with Crippen LogP contribution in [0, 0.1) is 0 Å². The van der Waals surface area contributed by atoms with Gasteiger partial charge in [-0.05, 0) is 42.0 Å². The van der Waals surface area contributed by atoms with Crippen molar-refractivity contribution in [1.29, 1.82) is 0 Å². The van der Waals surface area contributed by atoms with Crippen LogP contribution in [0.25, 0.3) is 6.08 Å². The van der Waals surface area contributed by atoms with Crippen molar-refractivity contribution in [2.45, 2.75) is 19.3 Å². The van der Waals surface area contributed by atoms with E-state index in [0.717, 1.165) is 25.2 Å². The summed E-state index contributed by atoms with van der Waals surface area (Å²) in [6.45, 7) is 0.886. The molecule has 0 radical (unpaired) electrons. The van der Waals surface area contributed by atoms with Gasteiger partial charge in [0.05, 0.1) is 6.61 Å². The van der Waals surface area contributed by atoms with E-state index < -0.39 is 0 Å². The Balaban J connectivity index is 0.000000117. The van der Waals surface area contributed by atoms with Crippen molar-refractivity contribution in [3.05, 3.63) is 71.3 Å². The van der Waals surface area contributed by atoms with E-state index in [1.807, 2.05) is 12.1 Å². The fourth-order valence-electron chi connectivity index (χ4n) is 2.49. The molecular weight excluding hydrogens is 232 g/mol. The lowest BCUT2D eigenvalue weighted by atomic mass is 10.1. The highest BCUT2D eigenvalue weighted by molar-refractivity contribution is 5.59. The number of para-hydroxylation sites is 1. The lowest BCUT2D eigenvalue weighted by Crippen LogP contribution is -2.07. The van der Waals surface area contributed by atoms with Crippen LogP contribution in [0.2, 0.25) is 0 Å². The Labute approximate surface area is 114 Å². The number of rotatable bonds is 0. The molecule has 0 saturated heterocycles. The molecule has 0 atom stereocenters. The van der Waals surface area contributed by atoms with E-state index in [1.165, 1.54) is 23.1 Å². The lowest BCUT2D eigenvalue weighted by Gasteiger charge is -2.15. The van der Waals surface area contributed by atoms with Crippen LogP contribution in [-0.4, -0.2) is 6.61 Å². The predicted molar refractivity (Wildman–Crippen MR) is 79.4 cm³/mol. The summed E-state index contributed by atoms with van der Waals surface area (Å²) < 4.78 is 5.42. The number of aryl methyl sites for hydroxylation is 1. The van der Waals surface area contributed by atoms with Gasteiger partial charge in [0.2, 0.25) is 0 Å². The fourth-order valence-corrected chi connectivity index (χ4v) is 2.49. The van der Waals surface area contributed by atoms with E-state index in [0.29, 0.717) is 0 Å². The summed E-state index contributed by atoms with van der Waals surface area (Å²) in [7, 11) is 0. The number of hydrogen-bond acceptors (Lipinski definition) is 1. The van der Waals surface area contributed by atoms with Gasteiger partial charge in [-0.3, -0.25) is 0 Å². The van der Waals surface area contributed by atoms with Gasteiger partial charge in [-0.25, -0.2) is 0 Å². The van der Waals surface area contributed by atoms with Crippen molar-refractivity contribution in [2.24, 2.45) is 0 Å². The number of benzene rings is 2. The van der Waals surface area contributed by atoms with Crippen LogP contribution in [0.5, 0.6) is 5.75 Å². The highest BCUT2D eigenvalue weighted by Gasteiger charge is 2.07. The third kappa shape index (κ3) is 2.87. The topological polar surface area (TPSA) is 9.23 Å². The molecule has 0 unspecified atom stereocenters. The molecule has 1 heterocycles. The van der Waals surface area contributed by atoms with Crippen molar-refractivity contribution in [3.63, 3.8) is 0 Å². The molecule has 0 N–H and O–H groups in total. The molecule has 0 saturated carbocycles. The van der Waals surface area contributed by atoms with Gasteiger partial charge in [0.25, 0.3) is 0 Å². The van der Waals surface area contributed by atoms with Gasteiger partial charge in [-0.15, -0.1) is 0 Å². The van der Waals surface area contributed by atoms with Gasteiger partial charge >= 0.3 is 0 Å². The second-order valence-electron chi connectivity index (χ2n) is 4.87. The Morgan fingerprint density at radius 3 is 2.47 bits per heavy atom. The van der Waals surface area contributed by atoms with Gasteiger partial charge in [0, 0.05) is 0 Å². The maximum Gasteiger partial charge on any atom is 0.122 e. The molecule has 2 aliphatic rings. The Kier molecular flexibility index (Phi) is 3.64. The summed E-state index contributed by atoms with van der Waals surface area (Å²) >= 11 is 0. The molecule has 0 spiro atoms. The first-order chi connectivity index (χ1) is 9.43. The van der Waals surface area contributed by atoms with Crippen LogP contribution in [0.1, 0.15) is 23.1 Å². The molecule has 2 aromatic carbocycles. The number of hydrogen-bond donors (Lipinski definition) is 0. The molecule has 96 valence electrons. The number of allylic oxidation sites excluding steroid dienone is 1. The van der Waals surface area contributed by atoms with E-state index in [4.69, 9.17) is 4.74 Å². The molecule has 19 heavy (non-hydrogen) atoms. The van der Waals surface area contributed by atoms with Crippen molar-refractivity contribution in [2.75, 3.05) is 6.61 Å². The fraction of sp³-hybridized carbons (Fsp3) is 0.222. The first kappa shape index (κ1) is 12.0. The summed E-state index contributed by atoms with van der Waals surface area (Å²) in [4.78, 5) is 0. The minimum absolute atomic E-state index is 0.886.